The Morgan fingerprint density at radius 1 is 0.913 bits per heavy atom. The molecule has 11 heteroatoms. The molecule has 0 bridgehead atoms. The van der Waals surface area contributed by atoms with Crippen LogP contribution in [-0.2, 0) is 9.59 Å². The number of hydrogen-bond donors (Lipinski definition) is 9. The van der Waals surface area contributed by atoms with Gasteiger partial charge in [-0.1, -0.05) is 0 Å². The van der Waals surface area contributed by atoms with Crippen molar-refractivity contribution in [1.82, 2.24) is 0 Å². The minimum Gasteiger partial charge on any atom is -0.394 e. The number of aliphatic hydroxyl groups is 9. The maximum Gasteiger partial charge on any atom is 0.189 e. The van der Waals surface area contributed by atoms with Gasteiger partial charge in [-0.3, -0.25) is 4.79 Å². The van der Waals surface area contributed by atoms with Crippen LogP contribution in [0.4, 0.5) is 0 Å². The van der Waals surface area contributed by atoms with Crippen molar-refractivity contribution in [3.63, 3.8) is 0 Å². The second-order valence-electron chi connectivity index (χ2n) is 4.66. The lowest BCUT2D eigenvalue weighted by Crippen LogP contribution is -2.44. The molecule has 0 saturated heterocycles. The quantitative estimate of drug-likeness (QED) is 0.179. The van der Waals surface area contributed by atoms with Crippen LogP contribution in [0.5, 0.6) is 0 Å². The Balaban J connectivity index is 0. The summed E-state index contributed by atoms with van der Waals surface area (Å²) in [5, 5.41) is 78.2. The van der Waals surface area contributed by atoms with Crippen LogP contribution in [0.1, 0.15) is 6.92 Å². The first-order chi connectivity index (χ1) is 10.5. The number of aldehydes is 1. The molecular formula is C12H24O11. The van der Waals surface area contributed by atoms with E-state index in [0.717, 1.165) is 0 Å². The maximum absolute atomic E-state index is 10.5. The SMILES string of the molecule is C[C@H](O)[C@@H](O)[C@@H](O)[C@H](O)C=O.O=C(CO)[C@@H](O)[C@@H](O)[C@H](O)CO. The molecule has 0 aliphatic rings. The Hall–Kier alpha value is -1.02. The van der Waals surface area contributed by atoms with Gasteiger partial charge in [0.25, 0.3) is 0 Å². The zero-order chi connectivity index (χ0) is 18.7. The number of Topliss-reactive ketones (excluding diaryl/α,β-unsaturated/α-hetero) is 1. The fourth-order valence-electron chi connectivity index (χ4n) is 1.17. The number of carbonyl (C=O) groups excluding carboxylic acids is 2. The van der Waals surface area contributed by atoms with Gasteiger partial charge in [0.05, 0.1) is 12.7 Å². The molecule has 0 aromatic heterocycles. The average molecular weight is 344 g/mol. The van der Waals surface area contributed by atoms with Crippen molar-refractivity contribution in [1.29, 1.82) is 0 Å². The van der Waals surface area contributed by atoms with E-state index in [1.165, 1.54) is 6.92 Å². The molecule has 0 spiro atoms. The lowest BCUT2D eigenvalue weighted by Gasteiger charge is -2.21. The highest BCUT2D eigenvalue weighted by atomic mass is 16.4. The normalized spacial score (nSPS) is 20.1. The van der Waals surface area contributed by atoms with E-state index in [4.69, 9.17) is 46.0 Å². The summed E-state index contributed by atoms with van der Waals surface area (Å²) in [6.07, 6.45) is -11.1. The van der Waals surface area contributed by atoms with Gasteiger partial charge in [-0.2, -0.15) is 0 Å². The number of carbonyl (C=O) groups is 2. The molecule has 23 heavy (non-hydrogen) atoms. The lowest BCUT2D eigenvalue weighted by molar-refractivity contribution is -0.142. The van der Waals surface area contributed by atoms with E-state index in [-0.39, 0.29) is 6.29 Å². The zero-order valence-electron chi connectivity index (χ0n) is 12.4. The van der Waals surface area contributed by atoms with E-state index in [1.807, 2.05) is 0 Å². The lowest BCUT2D eigenvalue weighted by atomic mass is 10.1. The predicted molar refractivity (Wildman–Crippen MR) is 73.0 cm³/mol. The molecule has 0 aromatic rings. The van der Waals surface area contributed by atoms with Gasteiger partial charge in [-0.15, -0.1) is 0 Å². The second kappa shape index (κ2) is 12.4. The summed E-state index contributed by atoms with van der Waals surface area (Å²) < 4.78 is 0. The molecule has 11 nitrogen and oxygen atoms in total. The van der Waals surface area contributed by atoms with Crippen LogP contribution in [-0.4, -0.2) is 114 Å². The molecule has 0 radical (unpaired) electrons. The number of rotatable bonds is 9. The maximum atomic E-state index is 10.5. The fourth-order valence-corrected chi connectivity index (χ4v) is 1.17. The van der Waals surface area contributed by atoms with Gasteiger partial charge in [0.15, 0.2) is 12.1 Å². The highest BCUT2D eigenvalue weighted by Crippen LogP contribution is 2.02. The van der Waals surface area contributed by atoms with Crippen molar-refractivity contribution in [3.05, 3.63) is 0 Å². The molecule has 7 atom stereocenters. The van der Waals surface area contributed by atoms with E-state index >= 15 is 0 Å². The van der Waals surface area contributed by atoms with E-state index in [1.54, 1.807) is 0 Å². The van der Waals surface area contributed by atoms with Crippen molar-refractivity contribution in [2.24, 2.45) is 0 Å². The van der Waals surface area contributed by atoms with Crippen LogP contribution < -0.4 is 0 Å². The first-order valence-corrected chi connectivity index (χ1v) is 6.51. The van der Waals surface area contributed by atoms with E-state index in [2.05, 4.69) is 0 Å². The standard InChI is InChI=1S/C6H12O6.C6H12O5/c7-1-3(9)5(11)6(12)4(10)2-8;1-3(8)5(10)6(11)4(9)2-7/h3,5-9,11-12H,1-2H2;2-6,8-11H,1H3/t3-,5+,6-;3-,4+,5+,6-/m10/s1. The Morgan fingerprint density at radius 2 is 1.39 bits per heavy atom. The zero-order valence-corrected chi connectivity index (χ0v) is 12.4. The Kier molecular flexibility index (Phi) is 13.1. The molecule has 0 amide bonds. The second-order valence-corrected chi connectivity index (χ2v) is 4.66. The van der Waals surface area contributed by atoms with Crippen molar-refractivity contribution >= 4 is 12.1 Å². The average Bonchev–Trinajstić information content (AvgIpc) is 2.56. The van der Waals surface area contributed by atoms with Crippen molar-refractivity contribution < 1.29 is 55.5 Å². The molecule has 0 unspecified atom stereocenters. The number of hydrogen-bond acceptors (Lipinski definition) is 11. The van der Waals surface area contributed by atoms with Crippen molar-refractivity contribution in [3.8, 4) is 0 Å². The smallest absolute Gasteiger partial charge is 0.189 e. The highest BCUT2D eigenvalue weighted by Gasteiger charge is 2.29. The molecule has 0 aromatic carbocycles. The molecule has 0 saturated carbocycles. The third-order valence-electron chi connectivity index (χ3n) is 2.72. The van der Waals surface area contributed by atoms with E-state index in [0.29, 0.717) is 0 Å². The molecule has 0 aliphatic carbocycles. The van der Waals surface area contributed by atoms with Gasteiger partial charge < -0.3 is 50.8 Å². The first kappa shape index (κ1) is 24.2. The molecule has 9 N–H and O–H groups in total. The summed E-state index contributed by atoms with van der Waals surface area (Å²) in [5.74, 6) is -1.00. The Morgan fingerprint density at radius 3 is 1.70 bits per heavy atom. The van der Waals surface area contributed by atoms with Crippen LogP contribution in [0.25, 0.3) is 0 Å². The van der Waals surface area contributed by atoms with Crippen LogP contribution in [0, 0.1) is 0 Å². The molecule has 0 rings (SSSR count). The van der Waals surface area contributed by atoms with Crippen LogP contribution in [0.3, 0.4) is 0 Å². The third-order valence-corrected chi connectivity index (χ3v) is 2.72. The van der Waals surface area contributed by atoms with Gasteiger partial charge in [0.2, 0.25) is 0 Å². The van der Waals surface area contributed by atoms with Crippen LogP contribution in [0.2, 0.25) is 0 Å². The summed E-state index contributed by atoms with van der Waals surface area (Å²) in [6, 6.07) is 0. The Bertz CT molecular complexity index is 335. The van der Waals surface area contributed by atoms with Gasteiger partial charge >= 0.3 is 0 Å². The highest BCUT2D eigenvalue weighted by molar-refractivity contribution is 5.84. The molecular weight excluding hydrogens is 320 g/mol. The predicted octanol–water partition coefficient (Wildman–Crippen LogP) is -5.73. The summed E-state index contributed by atoms with van der Waals surface area (Å²) in [7, 11) is 0. The minimum atomic E-state index is -1.86. The largest absolute Gasteiger partial charge is 0.394 e. The molecule has 0 aliphatic heterocycles. The van der Waals surface area contributed by atoms with Gasteiger partial charge in [0.1, 0.15) is 43.2 Å². The number of ketones is 1. The molecule has 0 heterocycles. The van der Waals surface area contributed by atoms with Crippen molar-refractivity contribution in [2.45, 2.75) is 49.7 Å². The van der Waals surface area contributed by atoms with Gasteiger partial charge in [0, 0.05) is 0 Å². The number of aliphatic hydroxyl groups excluding tert-OH is 9. The minimum absolute atomic E-state index is 0.0935. The topological polar surface area (TPSA) is 216 Å². The van der Waals surface area contributed by atoms with E-state index in [9.17, 15) is 9.59 Å². The van der Waals surface area contributed by atoms with Gasteiger partial charge in [-0.05, 0) is 6.92 Å². The van der Waals surface area contributed by atoms with Crippen LogP contribution in [0.15, 0.2) is 0 Å². The summed E-state index contributed by atoms with van der Waals surface area (Å²) in [4.78, 5) is 20.4. The van der Waals surface area contributed by atoms with E-state index < -0.39 is 61.7 Å². The van der Waals surface area contributed by atoms with Crippen LogP contribution >= 0.6 is 0 Å². The summed E-state index contributed by atoms with van der Waals surface area (Å²) in [6.45, 7) is -0.446. The first-order valence-electron chi connectivity index (χ1n) is 6.51. The Labute approximate surface area is 131 Å². The summed E-state index contributed by atoms with van der Waals surface area (Å²) in [5.41, 5.74) is 0. The fraction of sp³-hybridized carbons (Fsp3) is 0.833. The molecule has 138 valence electrons. The van der Waals surface area contributed by atoms with Crippen molar-refractivity contribution in [2.75, 3.05) is 13.2 Å². The van der Waals surface area contributed by atoms with Gasteiger partial charge in [-0.25, -0.2) is 0 Å². The molecule has 0 fully saturated rings. The third kappa shape index (κ3) is 9.00. The summed E-state index contributed by atoms with van der Waals surface area (Å²) >= 11 is 0. The monoisotopic (exact) mass is 344 g/mol.